The molecule has 7 nitrogen and oxygen atoms in total. The van der Waals surface area contributed by atoms with Crippen molar-refractivity contribution < 1.29 is 8.42 Å². The topological polar surface area (TPSA) is 80.1 Å². The first kappa shape index (κ1) is 15.7. The lowest BCUT2D eigenvalue weighted by molar-refractivity contribution is 0.384. The standard InChI is InChI=1S/C16H21N5O2S/c22-24(23,20-10-8-13-3-1-2-4-14(13)11-20)18-9-7-16-19-17-12-21(16)15-5-6-15/h1-4,12,15,18H,5-11H2. The molecule has 1 aliphatic carbocycles. The number of hydrogen-bond acceptors (Lipinski definition) is 4. The van der Waals surface area contributed by atoms with Gasteiger partial charge in [0.05, 0.1) is 0 Å². The van der Waals surface area contributed by atoms with Crippen LogP contribution in [0.3, 0.4) is 0 Å². The fraction of sp³-hybridized carbons (Fsp3) is 0.500. The van der Waals surface area contributed by atoms with Crippen LogP contribution in [-0.4, -0.2) is 40.6 Å². The third kappa shape index (κ3) is 3.22. The zero-order valence-corrected chi connectivity index (χ0v) is 14.2. The summed E-state index contributed by atoms with van der Waals surface area (Å²) in [6.45, 7) is 1.29. The van der Waals surface area contributed by atoms with E-state index in [0.717, 1.165) is 30.7 Å². The second kappa shape index (κ2) is 6.27. The number of aromatic nitrogens is 3. The maximum atomic E-state index is 12.5. The Morgan fingerprint density at radius 2 is 2.00 bits per heavy atom. The van der Waals surface area contributed by atoms with E-state index in [-0.39, 0.29) is 0 Å². The van der Waals surface area contributed by atoms with Gasteiger partial charge in [-0.3, -0.25) is 0 Å². The van der Waals surface area contributed by atoms with Crippen LogP contribution in [-0.2, 0) is 29.6 Å². The molecule has 1 aromatic heterocycles. The van der Waals surface area contributed by atoms with Gasteiger partial charge in [0.25, 0.3) is 10.2 Å². The average Bonchev–Trinajstić information content (AvgIpc) is 3.33. The van der Waals surface area contributed by atoms with Gasteiger partial charge in [-0.1, -0.05) is 24.3 Å². The summed E-state index contributed by atoms with van der Waals surface area (Å²) in [5.74, 6) is 0.851. The van der Waals surface area contributed by atoms with Crippen molar-refractivity contribution in [1.82, 2.24) is 23.8 Å². The van der Waals surface area contributed by atoms with Gasteiger partial charge in [-0.25, -0.2) is 4.72 Å². The molecule has 1 aliphatic heterocycles. The molecule has 0 amide bonds. The lowest BCUT2D eigenvalue weighted by Crippen LogP contribution is -2.44. The molecule has 128 valence electrons. The van der Waals surface area contributed by atoms with E-state index in [1.807, 2.05) is 18.2 Å². The Morgan fingerprint density at radius 1 is 1.21 bits per heavy atom. The molecule has 1 fully saturated rings. The van der Waals surface area contributed by atoms with Crippen molar-refractivity contribution in [2.75, 3.05) is 13.1 Å². The summed E-state index contributed by atoms with van der Waals surface area (Å²) in [7, 11) is -3.47. The lowest BCUT2D eigenvalue weighted by atomic mass is 10.0. The summed E-state index contributed by atoms with van der Waals surface area (Å²) in [5.41, 5.74) is 2.32. The Labute approximate surface area is 141 Å². The van der Waals surface area contributed by atoms with Gasteiger partial charge in [0.15, 0.2) is 0 Å². The van der Waals surface area contributed by atoms with Crippen molar-refractivity contribution in [3.63, 3.8) is 0 Å². The maximum Gasteiger partial charge on any atom is 0.279 e. The number of hydrogen-bond donors (Lipinski definition) is 1. The zero-order valence-electron chi connectivity index (χ0n) is 13.4. The first-order valence-electron chi connectivity index (χ1n) is 8.33. The van der Waals surface area contributed by atoms with Crippen LogP contribution in [0.5, 0.6) is 0 Å². The Bertz CT molecular complexity index is 828. The van der Waals surface area contributed by atoms with Crippen LogP contribution >= 0.6 is 0 Å². The van der Waals surface area contributed by atoms with E-state index >= 15 is 0 Å². The van der Waals surface area contributed by atoms with E-state index in [1.165, 1.54) is 9.87 Å². The van der Waals surface area contributed by atoms with Crippen LogP contribution in [0.25, 0.3) is 0 Å². The molecule has 0 radical (unpaired) electrons. The van der Waals surface area contributed by atoms with Gasteiger partial charge in [-0.2, -0.15) is 12.7 Å². The molecule has 1 saturated carbocycles. The van der Waals surface area contributed by atoms with Crippen LogP contribution < -0.4 is 4.72 Å². The van der Waals surface area contributed by atoms with Crippen LogP contribution in [0.4, 0.5) is 0 Å². The summed E-state index contributed by atoms with van der Waals surface area (Å²) < 4.78 is 31.3. The molecule has 0 unspecified atom stereocenters. The predicted molar refractivity (Wildman–Crippen MR) is 89.5 cm³/mol. The monoisotopic (exact) mass is 347 g/mol. The SMILES string of the molecule is O=S(=O)(NCCc1nncn1C1CC1)N1CCc2ccccc2C1. The van der Waals surface area contributed by atoms with Crippen LogP contribution in [0.1, 0.15) is 35.8 Å². The van der Waals surface area contributed by atoms with E-state index in [1.54, 1.807) is 6.33 Å². The molecule has 1 aromatic carbocycles. The van der Waals surface area contributed by atoms with Gasteiger partial charge in [-0.15, -0.1) is 10.2 Å². The smallest absolute Gasteiger partial charge is 0.279 e. The van der Waals surface area contributed by atoms with E-state index in [0.29, 0.717) is 32.1 Å². The number of benzene rings is 1. The summed E-state index contributed by atoms with van der Waals surface area (Å²) in [5, 5.41) is 8.04. The Morgan fingerprint density at radius 3 is 2.79 bits per heavy atom. The van der Waals surface area contributed by atoms with Gasteiger partial charge in [0.2, 0.25) is 0 Å². The molecule has 0 saturated heterocycles. The van der Waals surface area contributed by atoms with E-state index < -0.39 is 10.2 Å². The van der Waals surface area contributed by atoms with Gasteiger partial charge >= 0.3 is 0 Å². The van der Waals surface area contributed by atoms with Crippen molar-refractivity contribution in [2.24, 2.45) is 0 Å². The number of nitrogens with one attached hydrogen (secondary N) is 1. The fourth-order valence-corrected chi connectivity index (χ4v) is 4.34. The minimum atomic E-state index is -3.47. The number of nitrogens with zero attached hydrogens (tertiary/aromatic N) is 4. The van der Waals surface area contributed by atoms with Crippen LogP contribution in [0.2, 0.25) is 0 Å². The minimum absolute atomic E-state index is 0.339. The molecule has 0 bridgehead atoms. The molecule has 2 aliphatic rings. The van der Waals surface area contributed by atoms with Crippen molar-refractivity contribution in [3.8, 4) is 0 Å². The third-order valence-electron chi connectivity index (χ3n) is 4.66. The second-order valence-electron chi connectivity index (χ2n) is 6.39. The largest absolute Gasteiger partial charge is 0.314 e. The maximum absolute atomic E-state index is 12.5. The van der Waals surface area contributed by atoms with Crippen molar-refractivity contribution in [1.29, 1.82) is 0 Å². The first-order chi connectivity index (χ1) is 11.6. The van der Waals surface area contributed by atoms with E-state index in [2.05, 4.69) is 25.6 Å². The fourth-order valence-electron chi connectivity index (χ4n) is 3.16. The molecule has 8 heteroatoms. The average molecular weight is 347 g/mol. The van der Waals surface area contributed by atoms with Gasteiger partial charge in [0.1, 0.15) is 12.2 Å². The molecular weight excluding hydrogens is 326 g/mol. The van der Waals surface area contributed by atoms with Crippen molar-refractivity contribution >= 4 is 10.2 Å². The molecule has 0 atom stereocenters. The van der Waals surface area contributed by atoms with Gasteiger partial charge in [-0.05, 0) is 30.4 Å². The zero-order chi connectivity index (χ0) is 16.6. The highest BCUT2D eigenvalue weighted by atomic mass is 32.2. The summed E-state index contributed by atoms with van der Waals surface area (Å²) in [6.07, 6.45) is 5.37. The molecule has 24 heavy (non-hydrogen) atoms. The molecule has 2 aromatic rings. The Hall–Kier alpha value is -1.77. The molecule has 2 heterocycles. The highest BCUT2D eigenvalue weighted by Crippen LogP contribution is 2.35. The predicted octanol–water partition coefficient (Wildman–Crippen LogP) is 1.05. The highest BCUT2D eigenvalue weighted by Gasteiger charge is 2.28. The molecule has 4 rings (SSSR count). The Balaban J connectivity index is 1.36. The van der Waals surface area contributed by atoms with Crippen molar-refractivity contribution in [2.45, 2.75) is 38.3 Å². The van der Waals surface area contributed by atoms with Crippen LogP contribution in [0.15, 0.2) is 30.6 Å². The number of fused-ring (bicyclic) bond motifs is 1. The normalized spacial score (nSPS) is 18.5. The quantitative estimate of drug-likeness (QED) is 0.847. The summed E-state index contributed by atoms with van der Waals surface area (Å²) in [6, 6.07) is 8.52. The van der Waals surface area contributed by atoms with Gasteiger partial charge < -0.3 is 4.57 Å². The summed E-state index contributed by atoms with van der Waals surface area (Å²) in [4.78, 5) is 0. The highest BCUT2D eigenvalue weighted by molar-refractivity contribution is 7.87. The summed E-state index contributed by atoms with van der Waals surface area (Å²) >= 11 is 0. The van der Waals surface area contributed by atoms with E-state index in [4.69, 9.17) is 0 Å². The first-order valence-corrected chi connectivity index (χ1v) is 9.77. The van der Waals surface area contributed by atoms with Crippen LogP contribution in [0, 0.1) is 0 Å². The molecule has 0 spiro atoms. The van der Waals surface area contributed by atoms with Gasteiger partial charge in [0, 0.05) is 32.1 Å². The van der Waals surface area contributed by atoms with E-state index in [9.17, 15) is 8.42 Å². The van der Waals surface area contributed by atoms with Crippen molar-refractivity contribution in [3.05, 3.63) is 47.5 Å². The minimum Gasteiger partial charge on any atom is -0.314 e. The third-order valence-corrected chi connectivity index (χ3v) is 6.22. The molecular formula is C16H21N5O2S. The molecule has 1 N–H and O–H groups in total. The Kier molecular flexibility index (Phi) is 4.11. The lowest BCUT2D eigenvalue weighted by Gasteiger charge is -2.28. The number of rotatable bonds is 6. The second-order valence-corrected chi connectivity index (χ2v) is 8.14.